The number of nitrogens with two attached hydrogens (primary N) is 1. The van der Waals surface area contributed by atoms with Crippen molar-refractivity contribution in [3.8, 4) is 6.07 Å². The number of non-ortho nitro benzene ring substituents is 1. The Hall–Kier alpha value is -2.17. The number of anilines is 1. The second kappa shape index (κ2) is 4.74. The quantitative estimate of drug-likeness (QED) is 0.627. The minimum Gasteiger partial charge on any atom is -0.377 e. The van der Waals surface area contributed by atoms with Gasteiger partial charge in [-0.1, -0.05) is 0 Å². The van der Waals surface area contributed by atoms with Gasteiger partial charge in [0.25, 0.3) is 5.69 Å². The number of nitro benzene ring substituents is 1. The maximum absolute atomic E-state index is 10.7. The minimum absolute atomic E-state index is 0.00997. The molecule has 1 aromatic carbocycles. The highest BCUT2D eigenvalue weighted by atomic mass is 16.6. The average Bonchev–Trinajstić information content (AvgIpc) is 2.89. The number of hydrogen-bond acceptors (Lipinski definition) is 6. The Morgan fingerprint density at radius 1 is 1.55 bits per heavy atom. The van der Waals surface area contributed by atoms with Crippen molar-refractivity contribution in [3.05, 3.63) is 33.9 Å². The highest BCUT2D eigenvalue weighted by Crippen LogP contribution is 2.39. The van der Waals surface area contributed by atoms with Gasteiger partial charge in [-0.15, -0.1) is 0 Å². The number of hydrogen-bond donors (Lipinski definition) is 2. The van der Waals surface area contributed by atoms with Crippen molar-refractivity contribution in [1.29, 1.82) is 5.26 Å². The summed E-state index contributed by atoms with van der Waals surface area (Å²) in [6, 6.07) is 6.10. The lowest BCUT2D eigenvalue weighted by Crippen LogP contribution is -2.65. The first-order chi connectivity index (χ1) is 9.61. The summed E-state index contributed by atoms with van der Waals surface area (Å²) in [7, 11) is 0. The van der Waals surface area contributed by atoms with Crippen molar-refractivity contribution in [2.24, 2.45) is 11.7 Å². The number of nitriles is 1. The van der Waals surface area contributed by atoms with Gasteiger partial charge in [-0.05, 0) is 12.5 Å². The fourth-order valence-corrected chi connectivity index (χ4v) is 2.97. The van der Waals surface area contributed by atoms with Gasteiger partial charge in [-0.25, -0.2) is 0 Å². The molecular weight excluding hydrogens is 260 g/mol. The molecule has 0 spiro atoms. The van der Waals surface area contributed by atoms with E-state index >= 15 is 0 Å². The number of ether oxygens (including phenoxy) is 1. The van der Waals surface area contributed by atoms with E-state index in [1.54, 1.807) is 6.07 Å². The van der Waals surface area contributed by atoms with Crippen LogP contribution in [0.5, 0.6) is 0 Å². The Bertz CT molecular complexity index is 598. The molecule has 20 heavy (non-hydrogen) atoms. The van der Waals surface area contributed by atoms with Crippen LogP contribution < -0.4 is 11.1 Å². The second-order valence-electron chi connectivity index (χ2n) is 5.13. The van der Waals surface area contributed by atoms with Crippen LogP contribution in [0.3, 0.4) is 0 Å². The molecule has 7 nitrogen and oxygen atoms in total. The molecule has 7 heteroatoms. The lowest BCUT2D eigenvalue weighted by molar-refractivity contribution is -0.384. The third-order valence-corrected chi connectivity index (χ3v) is 4.10. The zero-order valence-electron chi connectivity index (χ0n) is 10.7. The maximum Gasteiger partial charge on any atom is 0.270 e. The second-order valence-corrected chi connectivity index (χ2v) is 5.13. The molecule has 0 radical (unpaired) electrons. The van der Waals surface area contributed by atoms with Gasteiger partial charge in [-0.2, -0.15) is 5.26 Å². The van der Waals surface area contributed by atoms with Crippen LogP contribution in [0.15, 0.2) is 18.2 Å². The van der Waals surface area contributed by atoms with E-state index in [0.29, 0.717) is 18.2 Å². The molecule has 4 atom stereocenters. The van der Waals surface area contributed by atoms with Gasteiger partial charge in [0.1, 0.15) is 6.07 Å². The van der Waals surface area contributed by atoms with Gasteiger partial charge >= 0.3 is 0 Å². The van der Waals surface area contributed by atoms with Gasteiger partial charge in [0.05, 0.1) is 28.3 Å². The van der Waals surface area contributed by atoms with Crippen LogP contribution in [-0.4, -0.2) is 29.7 Å². The van der Waals surface area contributed by atoms with E-state index in [1.807, 2.05) is 6.07 Å². The van der Waals surface area contributed by atoms with Gasteiger partial charge in [0.2, 0.25) is 0 Å². The van der Waals surface area contributed by atoms with Crippen molar-refractivity contribution in [2.75, 3.05) is 11.9 Å². The van der Waals surface area contributed by atoms with Crippen LogP contribution in [0, 0.1) is 27.4 Å². The molecule has 3 rings (SSSR count). The molecule has 1 heterocycles. The Kier molecular flexibility index (Phi) is 3.04. The summed E-state index contributed by atoms with van der Waals surface area (Å²) in [5, 5.41) is 23.0. The molecule has 0 aromatic heterocycles. The van der Waals surface area contributed by atoms with Crippen molar-refractivity contribution < 1.29 is 9.66 Å². The first kappa shape index (κ1) is 12.8. The van der Waals surface area contributed by atoms with Crippen molar-refractivity contribution in [2.45, 2.75) is 24.6 Å². The van der Waals surface area contributed by atoms with Crippen LogP contribution >= 0.6 is 0 Å². The van der Waals surface area contributed by atoms with Crippen LogP contribution in [0.1, 0.15) is 12.0 Å². The summed E-state index contributed by atoms with van der Waals surface area (Å²) in [6.07, 6.45) is 1.04. The van der Waals surface area contributed by atoms with E-state index in [2.05, 4.69) is 5.32 Å². The highest BCUT2D eigenvalue weighted by Gasteiger charge is 2.52. The van der Waals surface area contributed by atoms with Gasteiger partial charge in [0.15, 0.2) is 0 Å². The predicted octanol–water partition coefficient (Wildman–Crippen LogP) is 0.993. The minimum atomic E-state index is -0.518. The number of fused-ring (bicyclic) bond motifs is 1. The topological polar surface area (TPSA) is 114 Å². The molecule has 0 bridgehead atoms. The standard InChI is InChI=1S/C13H14N4O3/c14-6-7-5-8(17(18)19)1-2-10(7)16-12-11(15)9-3-4-20-13(9)12/h1-2,5,9,11-13,16H,3-4,15H2. The molecule has 1 saturated heterocycles. The number of nitrogens with zero attached hydrogens (tertiary/aromatic N) is 2. The van der Waals surface area contributed by atoms with E-state index < -0.39 is 4.92 Å². The average molecular weight is 274 g/mol. The number of benzene rings is 1. The maximum atomic E-state index is 10.7. The molecule has 4 unspecified atom stereocenters. The fraction of sp³-hybridized carbons (Fsp3) is 0.462. The van der Waals surface area contributed by atoms with Crippen molar-refractivity contribution in [3.63, 3.8) is 0 Å². The number of rotatable bonds is 3. The monoisotopic (exact) mass is 274 g/mol. The molecule has 2 fully saturated rings. The molecule has 1 aliphatic carbocycles. The zero-order chi connectivity index (χ0) is 14.3. The SMILES string of the molecule is N#Cc1cc([N+](=O)[O-])ccc1NC1C(N)C2CCOC21. The largest absolute Gasteiger partial charge is 0.377 e. The van der Waals surface area contributed by atoms with Crippen LogP contribution in [-0.2, 0) is 4.74 Å². The molecular formula is C13H14N4O3. The summed E-state index contributed by atoms with van der Waals surface area (Å²) >= 11 is 0. The molecule has 1 saturated carbocycles. The number of nitro groups is 1. The first-order valence-electron chi connectivity index (χ1n) is 6.44. The van der Waals surface area contributed by atoms with Gasteiger partial charge < -0.3 is 15.8 Å². The summed E-state index contributed by atoms with van der Waals surface area (Å²) < 4.78 is 5.61. The van der Waals surface area contributed by atoms with E-state index in [4.69, 9.17) is 15.7 Å². The summed E-state index contributed by atoms with van der Waals surface area (Å²) in [5.41, 5.74) is 6.80. The van der Waals surface area contributed by atoms with Crippen molar-refractivity contribution >= 4 is 11.4 Å². The number of nitrogens with one attached hydrogen (secondary N) is 1. The smallest absolute Gasteiger partial charge is 0.270 e. The molecule has 1 aromatic rings. The molecule has 3 N–H and O–H groups in total. The third kappa shape index (κ3) is 1.90. The van der Waals surface area contributed by atoms with Crippen molar-refractivity contribution in [1.82, 2.24) is 0 Å². The van der Waals surface area contributed by atoms with Crippen LogP contribution in [0.4, 0.5) is 11.4 Å². The van der Waals surface area contributed by atoms with Gasteiger partial charge in [-0.3, -0.25) is 10.1 Å². The highest BCUT2D eigenvalue weighted by molar-refractivity contribution is 5.62. The summed E-state index contributed by atoms with van der Waals surface area (Å²) in [4.78, 5) is 10.2. The molecule has 2 aliphatic rings. The summed E-state index contributed by atoms with van der Waals surface area (Å²) in [5.74, 6) is 0.371. The fourth-order valence-electron chi connectivity index (χ4n) is 2.97. The van der Waals surface area contributed by atoms with E-state index in [-0.39, 0.29) is 29.4 Å². The van der Waals surface area contributed by atoms with E-state index in [9.17, 15) is 10.1 Å². The predicted molar refractivity (Wildman–Crippen MR) is 71.0 cm³/mol. The Morgan fingerprint density at radius 2 is 2.35 bits per heavy atom. The van der Waals surface area contributed by atoms with Gasteiger partial charge in [0, 0.05) is 30.7 Å². The summed E-state index contributed by atoms with van der Waals surface area (Å²) in [6.45, 7) is 0.715. The third-order valence-electron chi connectivity index (χ3n) is 4.10. The Labute approximate surface area is 115 Å². The lowest BCUT2D eigenvalue weighted by atomic mass is 9.72. The molecule has 104 valence electrons. The van der Waals surface area contributed by atoms with Crippen LogP contribution in [0.25, 0.3) is 0 Å². The Morgan fingerprint density at radius 3 is 3.05 bits per heavy atom. The normalized spacial score (nSPS) is 31.0. The lowest BCUT2D eigenvalue weighted by Gasteiger charge is -2.46. The van der Waals surface area contributed by atoms with Crippen LogP contribution in [0.2, 0.25) is 0 Å². The molecule has 0 amide bonds. The Balaban J connectivity index is 1.81. The molecule has 1 aliphatic heterocycles. The van der Waals surface area contributed by atoms with E-state index in [1.165, 1.54) is 12.1 Å². The zero-order valence-corrected chi connectivity index (χ0v) is 10.7. The first-order valence-corrected chi connectivity index (χ1v) is 6.44. The van der Waals surface area contributed by atoms with E-state index in [0.717, 1.165) is 6.42 Å².